The molecule has 0 amide bonds. The number of hydrogen-bond acceptors (Lipinski definition) is 3. The molecular weight excluding hydrogens is 114 g/mol. The van der Waals surface area contributed by atoms with Crippen molar-refractivity contribution in [2.45, 2.75) is 12.8 Å². The molecule has 1 aliphatic rings. The normalized spacial score (nSPS) is 10.0. The Bertz CT molecular complexity index is 13.0. The maximum atomic E-state index is 4.50. The van der Waals surface area contributed by atoms with Gasteiger partial charge < -0.3 is 17.2 Å². The first-order valence-electron chi connectivity index (χ1n) is 3.05. The lowest BCUT2D eigenvalue weighted by Gasteiger charge is -1.19. The second kappa shape index (κ2) is 45.0. The van der Waals surface area contributed by atoms with Crippen LogP contribution in [0.15, 0.2) is 0 Å². The fourth-order valence-corrected chi connectivity index (χ4v) is 0. The largest absolute Gasteiger partial charge is 0.333 e. The highest BCUT2D eigenvalue weighted by molar-refractivity contribution is 4.79. The average molecular weight is 134 g/mol. The van der Waals surface area contributed by atoms with Gasteiger partial charge in [0.05, 0.1) is 0 Å². The molecule has 1 rings (SSSR count). The molecule has 6 N–H and O–H groups in total. The van der Waals surface area contributed by atoms with Gasteiger partial charge in [-0.3, -0.25) is 0 Å². The summed E-state index contributed by atoms with van der Waals surface area (Å²) in [5, 5.41) is 0. The van der Waals surface area contributed by atoms with Gasteiger partial charge >= 0.3 is 0 Å². The maximum absolute atomic E-state index is 4.50. The monoisotopic (exact) mass is 134 g/mol. The molecule has 1 saturated carbocycles. The zero-order valence-corrected chi connectivity index (χ0v) is 6.72. The Labute approximate surface area is 58.6 Å². The van der Waals surface area contributed by atoms with Crippen LogP contribution in [0, 0.1) is 6.42 Å². The van der Waals surface area contributed by atoms with Gasteiger partial charge in [0.15, 0.2) is 0 Å². The van der Waals surface area contributed by atoms with Gasteiger partial charge in [-0.2, -0.15) is 0 Å². The van der Waals surface area contributed by atoms with Crippen LogP contribution in [0.1, 0.15) is 12.8 Å². The minimum Gasteiger partial charge on any atom is -0.333 e. The summed E-state index contributed by atoms with van der Waals surface area (Å²) in [6.07, 6.45) is 5.00. The van der Waals surface area contributed by atoms with Crippen LogP contribution >= 0.6 is 0 Å². The van der Waals surface area contributed by atoms with Gasteiger partial charge in [-0.25, -0.2) is 0 Å². The first-order valence-corrected chi connectivity index (χ1v) is 3.05. The van der Waals surface area contributed by atoms with E-state index in [2.05, 4.69) is 23.6 Å². The minimum absolute atomic E-state index is 1.38. The zero-order valence-electron chi connectivity index (χ0n) is 6.72. The highest BCUT2D eigenvalue weighted by atomic mass is 14.4. The molecule has 0 unspecified atom stereocenters. The lowest BCUT2D eigenvalue weighted by molar-refractivity contribution is 1.48. The van der Waals surface area contributed by atoms with E-state index in [1.54, 1.807) is 0 Å². The highest BCUT2D eigenvalue weighted by Gasteiger charge is 1.95. The Morgan fingerprint density at radius 3 is 0.889 bits per heavy atom. The molecule has 0 aliphatic heterocycles. The lowest BCUT2D eigenvalue weighted by Crippen LogP contribution is -1.69. The molecule has 0 spiro atoms. The molecule has 0 aromatic rings. The first kappa shape index (κ1) is 15.9. The summed E-state index contributed by atoms with van der Waals surface area (Å²) < 4.78 is 0. The summed E-state index contributed by atoms with van der Waals surface area (Å²) in [4.78, 5) is 0. The van der Waals surface area contributed by atoms with Gasteiger partial charge in [-0.1, -0.05) is 0 Å². The van der Waals surface area contributed by atoms with Crippen LogP contribution in [0.5, 0.6) is 0 Å². The molecule has 59 valence electrons. The Kier molecular flexibility index (Phi) is 79.7. The van der Waals surface area contributed by atoms with Crippen molar-refractivity contribution >= 4 is 0 Å². The minimum atomic E-state index is 1.38. The summed E-state index contributed by atoms with van der Waals surface area (Å²) in [6.45, 7) is 0. The van der Waals surface area contributed by atoms with Crippen LogP contribution in [0.2, 0.25) is 0 Å². The van der Waals surface area contributed by atoms with E-state index in [0.29, 0.717) is 0 Å². The summed E-state index contributed by atoms with van der Waals surface area (Å²) in [5.41, 5.74) is 13.5. The number of rotatable bonds is 0. The van der Waals surface area contributed by atoms with Crippen molar-refractivity contribution in [2.24, 2.45) is 17.2 Å². The van der Waals surface area contributed by atoms with Crippen LogP contribution in [0.25, 0.3) is 0 Å². The fourth-order valence-electron chi connectivity index (χ4n) is 0. The van der Waals surface area contributed by atoms with Crippen molar-refractivity contribution in [3.8, 4) is 0 Å². The maximum Gasteiger partial charge on any atom is -0.0195 e. The first-order chi connectivity index (χ1) is 4.50. The van der Waals surface area contributed by atoms with Crippen LogP contribution in [-0.4, -0.2) is 21.1 Å². The fraction of sp³-hybridized carbons (Fsp3) is 0.833. The van der Waals surface area contributed by atoms with E-state index in [1.165, 1.54) is 34.0 Å². The van der Waals surface area contributed by atoms with E-state index >= 15 is 0 Å². The molecule has 3 nitrogen and oxygen atoms in total. The molecule has 0 saturated heterocycles. The van der Waals surface area contributed by atoms with Crippen molar-refractivity contribution < 1.29 is 0 Å². The topological polar surface area (TPSA) is 78.1 Å². The second-order valence-electron chi connectivity index (χ2n) is 0.866. The molecule has 3 heteroatoms. The van der Waals surface area contributed by atoms with Gasteiger partial charge in [0, 0.05) is 0 Å². The Morgan fingerprint density at radius 2 is 0.889 bits per heavy atom. The molecule has 0 aromatic carbocycles. The van der Waals surface area contributed by atoms with Crippen LogP contribution in [-0.2, 0) is 0 Å². The van der Waals surface area contributed by atoms with E-state index in [-0.39, 0.29) is 0 Å². The van der Waals surface area contributed by atoms with Gasteiger partial charge in [0.1, 0.15) is 0 Å². The van der Waals surface area contributed by atoms with Gasteiger partial charge in [0.2, 0.25) is 0 Å². The number of hydrogen-bond donors (Lipinski definition) is 3. The molecular formula is C6H20N3. The quantitative estimate of drug-likeness (QED) is 0.426. The summed E-state index contributed by atoms with van der Waals surface area (Å²) in [6, 6.07) is 0. The molecule has 0 atom stereocenters. The summed E-state index contributed by atoms with van der Waals surface area (Å²) in [7, 11) is 4.50. The van der Waals surface area contributed by atoms with E-state index in [4.69, 9.17) is 0 Å². The molecule has 0 aromatic heterocycles. The SMILES string of the molecule is CN.CN.CN.[CH]1CC1. The molecule has 1 aliphatic carbocycles. The van der Waals surface area contributed by atoms with Gasteiger partial charge in [-0.15, -0.1) is 0 Å². The van der Waals surface area contributed by atoms with E-state index in [9.17, 15) is 0 Å². The van der Waals surface area contributed by atoms with Crippen molar-refractivity contribution in [3.63, 3.8) is 0 Å². The summed E-state index contributed by atoms with van der Waals surface area (Å²) in [5.74, 6) is 0. The molecule has 9 heavy (non-hydrogen) atoms. The summed E-state index contributed by atoms with van der Waals surface area (Å²) >= 11 is 0. The van der Waals surface area contributed by atoms with Crippen molar-refractivity contribution in [1.82, 2.24) is 0 Å². The third-order valence-electron chi connectivity index (χ3n) is 0.289. The molecule has 1 radical (unpaired) electrons. The van der Waals surface area contributed by atoms with Gasteiger partial charge in [0.25, 0.3) is 0 Å². The van der Waals surface area contributed by atoms with E-state index < -0.39 is 0 Å². The van der Waals surface area contributed by atoms with Crippen LogP contribution < -0.4 is 17.2 Å². The van der Waals surface area contributed by atoms with Crippen molar-refractivity contribution in [3.05, 3.63) is 6.42 Å². The third kappa shape index (κ3) is 352. The van der Waals surface area contributed by atoms with E-state index in [0.717, 1.165) is 0 Å². The van der Waals surface area contributed by atoms with Crippen LogP contribution in [0.4, 0.5) is 0 Å². The molecule has 0 heterocycles. The standard InChI is InChI=1S/C3H5.3CH5N/c1-2-3-1;3*1-2/h1H,2-3H2;3*2H2,1H3. The lowest BCUT2D eigenvalue weighted by atomic mass is 11.0. The van der Waals surface area contributed by atoms with Crippen molar-refractivity contribution in [1.29, 1.82) is 0 Å². The Hall–Kier alpha value is -0.120. The zero-order chi connectivity index (χ0) is 8.12. The van der Waals surface area contributed by atoms with E-state index in [1.807, 2.05) is 0 Å². The smallest absolute Gasteiger partial charge is 0.0195 e. The Morgan fingerprint density at radius 1 is 0.778 bits per heavy atom. The average Bonchev–Trinajstić information content (AvgIpc) is 2.84. The highest BCUT2D eigenvalue weighted by Crippen LogP contribution is 2.12. The van der Waals surface area contributed by atoms with Crippen LogP contribution in [0.3, 0.4) is 0 Å². The predicted molar refractivity (Wildman–Crippen MR) is 43.9 cm³/mol. The van der Waals surface area contributed by atoms with Crippen molar-refractivity contribution in [2.75, 3.05) is 21.1 Å². The van der Waals surface area contributed by atoms with Gasteiger partial charge in [-0.05, 0) is 40.4 Å². The molecule has 0 bridgehead atoms. The number of nitrogens with two attached hydrogens (primary N) is 3. The second-order valence-corrected chi connectivity index (χ2v) is 0.866. The Balaban J connectivity index is -0.0000000557. The predicted octanol–water partition coefficient (Wildman–Crippen LogP) is -0.291. The molecule has 1 fully saturated rings. The third-order valence-corrected chi connectivity index (χ3v) is 0.289.